The zero-order valence-electron chi connectivity index (χ0n) is 11.3. The molecule has 0 saturated heterocycles. The highest BCUT2D eigenvalue weighted by molar-refractivity contribution is 9.10. The summed E-state index contributed by atoms with van der Waals surface area (Å²) in [6.45, 7) is 1.40. The summed E-state index contributed by atoms with van der Waals surface area (Å²) in [5, 5.41) is 4.57. The Hall–Kier alpha value is -1.17. The van der Waals surface area contributed by atoms with E-state index >= 15 is 0 Å². The van der Waals surface area contributed by atoms with Crippen molar-refractivity contribution in [3.8, 4) is 0 Å². The lowest BCUT2D eigenvalue weighted by Gasteiger charge is -2.12. The van der Waals surface area contributed by atoms with Crippen LogP contribution in [0.25, 0.3) is 0 Å². The SMILES string of the molecule is CN(C)CCn1ncc(Cl)c1C(=O)c1ccccc1Br. The van der Waals surface area contributed by atoms with Crippen molar-refractivity contribution < 1.29 is 4.79 Å². The second kappa shape index (κ2) is 6.52. The van der Waals surface area contributed by atoms with Gasteiger partial charge in [-0.25, -0.2) is 0 Å². The Morgan fingerprint density at radius 3 is 2.75 bits per heavy atom. The van der Waals surface area contributed by atoms with Crippen molar-refractivity contribution >= 4 is 33.3 Å². The number of likely N-dealkylation sites (N-methyl/N-ethyl adjacent to an activating group) is 1. The molecule has 106 valence electrons. The molecule has 0 amide bonds. The summed E-state index contributed by atoms with van der Waals surface area (Å²) in [6, 6.07) is 7.30. The molecule has 20 heavy (non-hydrogen) atoms. The van der Waals surface area contributed by atoms with Crippen LogP contribution in [0.4, 0.5) is 0 Å². The smallest absolute Gasteiger partial charge is 0.213 e. The summed E-state index contributed by atoms with van der Waals surface area (Å²) in [7, 11) is 3.95. The van der Waals surface area contributed by atoms with E-state index in [0.29, 0.717) is 22.8 Å². The molecule has 1 aromatic heterocycles. The van der Waals surface area contributed by atoms with Crippen LogP contribution >= 0.6 is 27.5 Å². The quantitative estimate of drug-likeness (QED) is 0.773. The number of nitrogens with zero attached hydrogens (tertiary/aromatic N) is 3. The third-order valence-corrected chi connectivity index (χ3v) is 3.86. The number of hydrogen-bond acceptors (Lipinski definition) is 3. The maximum Gasteiger partial charge on any atom is 0.213 e. The second-order valence-corrected chi connectivity index (χ2v) is 5.94. The fourth-order valence-corrected chi connectivity index (χ4v) is 2.52. The van der Waals surface area contributed by atoms with Crippen molar-refractivity contribution in [3.05, 3.63) is 51.2 Å². The summed E-state index contributed by atoms with van der Waals surface area (Å²) >= 11 is 9.52. The van der Waals surface area contributed by atoms with Gasteiger partial charge < -0.3 is 4.90 Å². The average molecular weight is 357 g/mol. The van der Waals surface area contributed by atoms with Gasteiger partial charge in [0.2, 0.25) is 5.78 Å². The lowest BCUT2D eigenvalue weighted by atomic mass is 10.1. The summed E-state index contributed by atoms with van der Waals surface area (Å²) in [5.74, 6) is -0.126. The van der Waals surface area contributed by atoms with Crippen LogP contribution in [0.3, 0.4) is 0 Å². The lowest BCUT2D eigenvalue weighted by Crippen LogP contribution is -2.21. The van der Waals surface area contributed by atoms with E-state index in [0.717, 1.165) is 11.0 Å². The minimum Gasteiger partial charge on any atom is -0.308 e. The summed E-state index contributed by atoms with van der Waals surface area (Å²) in [6.07, 6.45) is 1.52. The first-order valence-electron chi connectivity index (χ1n) is 6.16. The van der Waals surface area contributed by atoms with Gasteiger partial charge in [0.25, 0.3) is 0 Å². The minimum absolute atomic E-state index is 0.126. The molecule has 0 N–H and O–H groups in total. The highest BCUT2D eigenvalue weighted by Crippen LogP contribution is 2.24. The van der Waals surface area contributed by atoms with Crippen LogP contribution in [0.15, 0.2) is 34.9 Å². The van der Waals surface area contributed by atoms with Gasteiger partial charge in [0.15, 0.2) is 0 Å². The number of rotatable bonds is 5. The van der Waals surface area contributed by atoms with E-state index < -0.39 is 0 Å². The van der Waals surface area contributed by atoms with Gasteiger partial charge in [-0.2, -0.15) is 5.10 Å². The van der Waals surface area contributed by atoms with Crippen LogP contribution < -0.4 is 0 Å². The molecule has 0 saturated carbocycles. The molecule has 0 fully saturated rings. The first kappa shape index (κ1) is 15.2. The third kappa shape index (κ3) is 3.29. The van der Waals surface area contributed by atoms with Gasteiger partial charge in [0.1, 0.15) is 5.69 Å². The fourth-order valence-electron chi connectivity index (χ4n) is 1.83. The predicted molar refractivity (Wildman–Crippen MR) is 83.4 cm³/mol. The van der Waals surface area contributed by atoms with Crippen LogP contribution in [0.1, 0.15) is 16.1 Å². The standard InChI is InChI=1S/C14H15BrClN3O/c1-18(2)7-8-19-13(12(16)9-17-19)14(20)10-5-3-4-6-11(10)15/h3-6,9H,7-8H2,1-2H3. The lowest BCUT2D eigenvalue weighted by molar-refractivity contribution is 0.102. The topological polar surface area (TPSA) is 38.1 Å². The molecule has 0 bridgehead atoms. The Morgan fingerprint density at radius 1 is 1.40 bits per heavy atom. The number of ketones is 1. The van der Waals surface area contributed by atoms with Crippen molar-refractivity contribution in [1.82, 2.24) is 14.7 Å². The maximum absolute atomic E-state index is 12.6. The van der Waals surface area contributed by atoms with Crippen molar-refractivity contribution in [2.75, 3.05) is 20.6 Å². The molecule has 6 heteroatoms. The fraction of sp³-hybridized carbons (Fsp3) is 0.286. The first-order chi connectivity index (χ1) is 9.50. The molecule has 0 aliphatic carbocycles. The number of hydrogen-bond donors (Lipinski definition) is 0. The van der Waals surface area contributed by atoms with Gasteiger partial charge in [-0.1, -0.05) is 39.7 Å². The molecular formula is C14H15BrClN3O. The van der Waals surface area contributed by atoms with Crippen molar-refractivity contribution in [3.63, 3.8) is 0 Å². The Labute approximate surface area is 131 Å². The van der Waals surface area contributed by atoms with E-state index in [1.807, 2.05) is 37.2 Å². The van der Waals surface area contributed by atoms with E-state index in [2.05, 4.69) is 21.0 Å². The van der Waals surface area contributed by atoms with E-state index in [1.54, 1.807) is 10.7 Å². The highest BCUT2D eigenvalue weighted by atomic mass is 79.9. The van der Waals surface area contributed by atoms with Crippen LogP contribution in [0.5, 0.6) is 0 Å². The highest BCUT2D eigenvalue weighted by Gasteiger charge is 2.20. The Balaban J connectivity index is 2.35. The molecular weight excluding hydrogens is 342 g/mol. The zero-order chi connectivity index (χ0) is 14.7. The molecule has 0 atom stereocenters. The third-order valence-electron chi connectivity index (χ3n) is 2.89. The number of aromatic nitrogens is 2. The van der Waals surface area contributed by atoms with Gasteiger partial charge in [-0.3, -0.25) is 9.48 Å². The molecule has 0 aliphatic rings. The van der Waals surface area contributed by atoms with Gasteiger partial charge in [0, 0.05) is 16.6 Å². The van der Waals surface area contributed by atoms with Crippen LogP contribution in [0.2, 0.25) is 5.02 Å². The summed E-state index contributed by atoms with van der Waals surface area (Å²) in [5.41, 5.74) is 1.02. The number of halogens is 2. The van der Waals surface area contributed by atoms with Crippen LogP contribution in [-0.2, 0) is 6.54 Å². The van der Waals surface area contributed by atoms with Crippen LogP contribution in [-0.4, -0.2) is 41.1 Å². The van der Waals surface area contributed by atoms with Crippen LogP contribution in [0, 0.1) is 0 Å². The molecule has 4 nitrogen and oxygen atoms in total. The largest absolute Gasteiger partial charge is 0.308 e. The second-order valence-electron chi connectivity index (χ2n) is 4.68. The zero-order valence-corrected chi connectivity index (χ0v) is 13.6. The van der Waals surface area contributed by atoms with Crippen molar-refractivity contribution in [2.45, 2.75) is 6.54 Å². The molecule has 0 spiro atoms. The number of benzene rings is 1. The number of carbonyl (C=O) groups is 1. The van der Waals surface area contributed by atoms with Gasteiger partial charge in [0.05, 0.1) is 17.8 Å². The Morgan fingerprint density at radius 2 is 2.10 bits per heavy atom. The summed E-state index contributed by atoms with van der Waals surface area (Å²) in [4.78, 5) is 14.7. The van der Waals surface area contributed by atoms with Gasteiger partial charge in [-0.15, -0.1) is 0 Å². The van der Waals surface area contributed by atoms with Crippen molar-refractivity contribution in [1.29, 1.82) is 0 Å². The molecule has 1 heterocycles. The van der Waals surface area contributed by atoms with Gasteiger partial charge >= 0.3 is 0 Å². The molecule has 2 rings (SSSR count). The minimum atomic E-state index is -0.126. The predicted octanol–water partition coefficient (Wildman–Crippen LogP) is 3.09. The molecule has 2 aromatic rings. The molecule has 0 unspecified atom stereocenters. The van der Waals surface area contributed by atoms with Gasteiger partial charge in [-0.05, 0) is 26.2 Å². The maximum atomic E-state index is 12.6. The Kier molecular flexibility index (Phi) is 4.96. The van der Waals surface area contributed by atoms with Crippen molar-refractivity contribution in [2.24, 2.45) is 0 Å². The molecule has 1 aromatic carbocycles. The van der Waals surface area contributed by atoms with E-state index in [-0.39, 0.29) is 5.78 Å². The molecule has 0 radical (unpaired) electrons. The van der Waals surface area contributed by atoms with E-state index in [4.69, 9.17) is 11.6 Å². The monoisotopic (exact) mass is 355 g/mol. The van der Waals surface area contributed by atoms with E-state index in [1.165, 1.54) is 6.20 Å². The first-order valence-corrected chi connectivity index (χ1v) is 7.33. The Bertz CT molecular complexity index is 625. The average Bonchev–Trinajstić information content (AvgIpc) is 2.77. The molecule has 0 aliphatic heterocycles. The summed E-state index contributed by atoms with van der Waals surface area (Å²) < 4.78 is 2.41. The number of carbonyl (C=O) groups excluding carboxylic acids is 1. The van der Waals surface area contributed by atoms with E-state index in [9.17, 15) is 4.79 Å². The normalized spacial score (nSPS) is 11.1.